The van der Waals surface area contributed by atoms with Crippen LogP contribution in [0.3, 0.4) is 0 Å². The van der Waals surface area contributed by atoms with E-state index >= 15 is 0 Å². The summed E-state index contributed by atoms with van der Waals surface area (Å²) in [6, 6.07) is 14.2. The van der Waals surface area contributed by atoms with Gasteiger partial charge in [-0.15, -0.1) is 0 Å². The van der Waals surface area contributed by atoms with E-state index in [2.05, 4.69) is 56.0 Å². The quantitative estimate of drug-likeness (QED) is 0.336. The third kappa shape index (κ3) is 6.80. The second-order valence-corrected chi connectivity index (χ2v) is 11.6. The van der Waals surface area contributed by atoms with Crippen LogP contribution in [0.1, 0.15) is 58.7 Å². The minimum Gasteiger partial charge on any atom is -0.379 e. The second-order valence-electron chi connectivity index (χ2n) is 11.2. The van der Waals surface area contributed by atoms with Gasteiger partial charge in [0.05, 0.1) is 31.0 Å². The number of ether oxygens (including phenoxy) is 1. The van der Waals surface area contributed by atoms with E-state index in [4.69, 9.17) is 17.0 Å². The first-order chi connectivity index (χ1) is 19.8. The van der Waals surface area contributed by atoms with Crippen molar-refractivity contribution in [2.45, 2.75) is 59.2 Å². The molecule has 8 nitrogen and oxygen atoms in total. The van der Waals surface area contributed by atoms with Gasteiger partial charge in [0.25, 0.3) is 0 Å². The van der Waals surface area contributed by atoms with Crippen molar-refractivity contribution < 1.29 is 9.53 Å². The Balaban J connectivity index is 1.35. The summed E-state index contributed by atoms with van der Waals surface area (Å²) in [5.41, 5.74) is 7.69. The van der Waals surface area contributed by atoms with Crippen LogP contribution in [0.15, 0.2) is 48.7 Å². The molecule has 41 heavy (non-hydrogen) atoms. The lowest BCUT2D eigenvalue weighted by atomic mass is 9.96. The zero-order valence-electron chi connectivity index (χ0n) is 24.7. The standard InChI is InChI=1S/C32H42N6O2S/c1-22-9-10-23(2)28(20-22)34-29(39)11-15-38-31(30(35-32(38)41)27-8-5-6-12-33-27)26-21-24(3)37(25(26)4)14-7-13-36-16-18-40-19-17-36/h5-6,8-10,12,20-21,30-31H,7,11,13-19H2,1-4H3,(H,34,39)(H,35,41)/t30-,31+/m0/s1. The molecule has 0 bridgehead atoms. The van der Waals surface area contributed by atoms with Crippen molar-refractivity contribution in [3.05, 3.63) is 82.4 Å². The number of aromatic nitrogens is 2. The molecule has 2 N–H and O–H groups in total. The highest BCUT2D eigenvalue weighted by Gasteiger charge is 2.41. The van der Waals surface area contributed by atoms with Gasteiger partial charge in [0.15, 0.2) is 5.11 Å². The van der Waals surface area contributed by atoms with Crippen molar-refractivity contribution in [3.63, 3.8) is 0 Å². The molecule has 218 valence electrons. The number of benzene rings is 1. The molecule has 2 aliphatic rings. The van der Waals surface area contributed by atoms with E-state index in [-0.39, 0.29) is 18.0 Å². The van der Waals surface area contributed by atoms with Gasteiger partial charge in [-0.1, -0.05) is 18.2 Å². The molecule has 0 aliphatic carbocycles. The molecule has 0 radical (unpaired) electrons. The lowest BCUT2D eigenvalue weighted by Gasteiger charge is -2.28. The highest BCUT2D eigenvalue weighted by atomic mass is 32.1. The molecule has 2 aromatic heterocycles. The molecule has 2 aliphatic heterocycles. The maximum Gasteiger partial charge on any atom is 0.226 e. The Bertz CT molecular complexity index is 1370. The smallest absolute Gasteiger partial charge is 0.226 e. The van der Waals surface area contributed by atoms with Crippen LogP contribution >= 0.6 is 12.2 Å². The number of aryl methyl sites for hydroxylation is 3. The number of amides is 1. The number of hydrogen-bond donors (Lipinski definition) is 2. The Labute approximate surface area is 249 Å². The van der Waals surface area contributed by atoms with Crippen molar-refractivity contribution in [1.82, 2.24) is 24.7 Å². The zero-order valence-corrected chi connectivity index (χ0v) is 25.5. The third-order valence-corrected chi connectivity index (χ3v) is 8.69. The van der Waals surface area contributed by atoms with Gasteiger partial charge in [0, 0.05) is 62.4 Å². The van der Waals surface area contributed by atoms with Crippen LogP contribution in [-0.2, 0) is 16.1 Å². The number of morpholine rings is 1. The Kier molecular flexibility index (Phi) is 9.37. The van der Waals surface area contributed by atoms with Gasteiger partial charge >= 0.3 is 0 Å². The van der Waals surface area contributed by atoms with Gasteiger partial charge in [-0.3, -0.25) is 14.7 Å². The van der Waals surface area contributed by atoms with Crippen LogP contribution in [0, 0.1) is 27.7 Å². The first-order valence-corrected chi connectivity index (χ1v) is 15.0. The fourth-order valence-corrected chi connectivity index (χ4v) is 6.37. The number of rotatable bonds is 10. The minimum absolute atomic E-state index is 0.0184. The number of carbonyl (C=O) groups is 1. The molecule has 2 fully saturated rings. The van der Waals surface area contributed by atoms with E-state index in [0.717, 1.165) is 68.3 Å². The molecule has 0 spiro atoms. The molecule has 1 amide bonds. The topological polar surface area (TPSA) is 74.7 Å². The molecule has 1 aromatic carbocycles. The monoisotopic (exact) mass is 574 g/mol. The van der Waals surface area contributed by atoms with Gasteiger partial charge < -0.3 is 24.8 Å². The van der Waals surface area contributed by atoms with Crippen LogP contribution in [0.4, 0.5) is 5.69 Å². The third-order valence-electron chi connectivity index (χ3n) is 8.34. The predicted molar refractivity (Wildman–Crippen MR) is 167 cm³/mol. The Hall–Kier alpha value is -3.27. The molecule has 0 unspecified atom stereocenters. The van der Waals surface area contributed by atoms with E-state index in [1.807, 2.05) is 50.4 Å². The molecular formula is C32H42N6O2S. The Morgan fingerprint density at radius 2 is 1.88 bits per heavy atom. The summed E-state index contributed by atoms with van der Waals surface area (Å²) in [6.07, 6.45) is 3.24. The number of nitrogens with zero attached hydrogens (tertiary/aromatic N) is 4. The lowest BCUT2D eigenvalue weighted by Crippen LogP contribution is -2.37. The summed E-state index contributed by atoms with van der Waals surface area (Å²) in [6.45, 7) is 14.7. The summed E-state index contributed by atoms with van der Waals surface area (Å²) < 4.78 is 7.93. The van der Waals surface area contributed by atoms with E-state index < -0.39 is 0 Å². The van der Waals surface area contributed by atoms with Crippen molar-refractivity contribution >= 4 is 28.9 Å². The fourth-order valence-electron chi connectivity index (χ4n) is 6.04. The van der Waals surface area contributed by atoms with Gasteiger partial charge in [0.2, 0.25) is 5.91 Å². The molecule has 9 heteroatoms. The van der Waals surface area contributed by atoms with Gasteiger partial charge in [-0.25, -0.2) is 0 Å². The van der Waals surface area contributed by atoms with E-state index in [9.17, 15) is 4.79 Å². The fraction of sp³-hybridized carbons (Fsp3) is 0.469. The van der Waals surface area contributed by atoms with Crippen LogP contribution in [0.2, 0.25) is 0 Å². The maximum atomic E-state index is 13.1. The number of thiocarbonyl (C=S) groups is 1. The Morgan fingerprint density at radius 3 is 2.63 bits per heavy atom. The number of pyridine rings is 1. The molecular weight excluding hydrogens is 532 g/mol. The molecule has 3 aromatic rings. The van der Waals surface area contributed by atoms with Crippen molar-refractivity contribution in [2.24, 2.45) is 0 Å². The normalized spacial score (nSPS) is 19.4. The van der Waals surface area contributed by atoms with Crippen LogP contribution in [0.25, 0.3) is 0 Å². The number of nitrogens with one attached hydrogen (secondary N) is 2. The SMILES string of the molecule is Cc1ccc(C)c(NC(=O)CCN2C(=S)N[C@@H](c3ccccn3)[C@H]2c2cc(C)n(CCCN3CCOCC3)c2C)c1. The summed E-state index contributed by atoms with van der Waals surface area (Å²) in [7, 11) is 0. The first-order valence-electron chi connectivity index (χ1n) is 14.6. The first kappa shape index (κ1) is 29.2. The molecule has 5 rings (SSSR count). The molecule has 2 saturated heterocycles. The molecule has 0 saturated carbocycles. The highest BCUT2D eigenvalue weighted by Crippen LogP contribution is 2.41. The average Bonchev–Trinajstić information content (AvgIpc) is 3.45. The van der Waals surface area contributed by atoms with E-state index in [1.54, 1.807) is 0 Å². The zero-order chi connectivity index (χ0) is 28.9. The second kappa shape index (κ2) is 13.1. The van der Waals surface area contributed by atoms with Crippen LogP contribution < -0.4 is 10.6 Å². The number of anilines is 1. The van der Waals surface area contributed by atoms with Crippen molar-refractivity contribution in [1.29, 1.82) is 0 Å². The largest absolute Gasteiger partial charge is 0.379 e. The summed E-state index contributed by atoms with van der Waals surface area (Å²) in [4.78, 5) is 22.4. The average molecular weight is 575 g/mol. The maximum absolute atomic E-state index is 13.1. The summed E-state index contributed by atoms with van der Waals surface area (Å²) in [5, 5.41) is 7.30. The molecule has 4 heterocycles. The number of hydrogen-bond acceptors (Lipinski definition) is 5. The van der Waals surface area contributed by atoms with Gasteiger partial charge in [-0.2, -0.15) is 0 Å². The van der Waals surface area contributed by atoms with Crippen molar-refractivity contribution in [3.8, 4) is 0 Å². The lowest BCUT2D eigenvalue weighted by molar-refractivity contribution is -0.116. The predicted octanol–water partition coefficient (Wildman–Crippen LogP) is 4.84. The number of carbonyl (C=O) groups excluding carboxylic acids is 1. The highest BCUT2D eigenvalue weighted by molar-refractivity contribution is 7.80. The minimum atomic E-state index is -0.104. The van der Waals surface area contributed by atoms with Gasteiger partial charge in [-0.05, 0) is 87.3 Å². The van der Waals surface area contributed by atoms with Crippen molar-refractivity contribution in [2.75, 3.05) is 44.7 Å². The van der Waals surface area contributed by atoms with E-state index in [0.29, 0.717) is 18.1 Å². The Morgan fingerprint density at radius 1 is 1.07 bits per heavy atom. The van der Waals surface area contributed by atoms with Crippen LogP contribution in [-0.4, -0.2) is 69.8 Å². The van der Waals surface area contributed by atoms with E-state index in [1.165, 1.54) is 17.0 Å². The van der Waals surface area contributed by atoms with Gasteiger partial charge in [0.1, 0.15) is 0 Å². The summed E-state index contributed by atoms with van der Waals surface area (Å²) in [5.74, 6) is -0.0184. The molecule has 2 atom stereocenters. The summed E-state index contributed by atoms with van der Waals surface area (Å²) >= 11 is 5.87. The van der Waals surface area contributed by atoms with Crippen LogP contribution in [0.5, 0.6) is 0 Å².